The van der Waals surface area contributed by atoms with Gasteiger partial charge in [-0.3, -0.25) is 4.79 Å². The van der Waals surface area contributed by atoms with Gasteiger partial charge in [0.25, 0.3) is 5.91 Å². The maximum absolute atomic E-state index is 13.6. The van der Waals surface area contributed by atoms with E-state index < -0.39 is 11.7 Å². The molecule has 0 radical (unpaired) electrons. The molecule has 0 heterocycles. The van der Waals surface area contributed by atoms with Gasteiger partial charge in [0.05, 0.1) is 5.56 Å². The number of nitrogens with one attached hydrogen (secondary N) is 1. The molecule has 0 saturated carbocycles. The molecule has 5 heteroatoms. The van der Waals surface area contributed by atoms with Crippen LogP contribution in [-0.4, -0.2) is 5.91 Å². The molecule has 1 amide bonds. The molecule has 3 N–H and O–H groups in total. The van der Waals surface area contributed by atoms with E-state index in [1.807, 2.05) is 13.0 Å². The average Bonchev–Trinajstić information content (AvgIpc) is 2.30. The highest BCUT2D eigenvalue weighted by Gasteiger charge is 2.12. The second-order valence-corrected chi connectivity index (χ2v) is 5.13. The van der Waals surface area contributed by atoms with Gasteiger partial charge in [0.1, 0.15) is 5.82 Å². The van der Waals surface area contributed by atoms with E-state index in [0.717, 1.165) is 10.0 Å². The number of anilines is 2. The Hall–Kier alpha value is -1.88. The van der Waals surface area contributed by atoms with Crippen molar-refractivity contribution < 1.29 is 9.18 Å². The molecule has 3 nitrogen and oxygen atoms in total. The zero-order valence-corrected chi connectivity index (χ0v) is 11.8. The quantitative estimate of drug-likeness (QED) is 0.828. The number of carbonyl (C=O) groups excluding carboxylic acids is 1. The first-order valence-corrected chi connectivity index (χ1v) is 6.38. The Morgan fingerprint density at radius 3 is 2.68 bits per heavy atom. The summed E-state index contributed by atoms with van der Waals surface area (Å²) in [5.41, 5.74) is 7.41. The Kier molecular flexibility index (Phi) is 3.85. The van der Waals surface area contributed by atoms with Crippen molar-refractivity contribution in [3.63, 3.8) is 0 Å². The fourth-order valence-corrected chi connectivity index (χ4v) is 2.33. The number of halogens is 2. The second kappa shape index (κ2) is 5.40. The van der Waals surface area contributed by atoms with E-state index in [9.17, 15) is 9.18 Å². The van der Waals surface area contributed by atoms with Crippen LogP contribution in [0.15, 0.2) is 40.9 Å². The standard InChI is InChI=1S/C14H12BrFN2O/c1-8-4-9(15)6-11(5-8)18-14(19)12-7-10(17)2-3-13(12)16/h2-7H,17H2,1H3,(H,18,19). The first kappa shape index (κ1) is 13.5. The zero-order chi connectivity index (χ0) is 14.0. The van der Waals surface area contributed by atoms with E-state index in [-0.39, 0.29) is 5.56 Å². The Balaban J connectivity index is 2.28. The normalized spacial score (nSPS) is 10.3. The van der Waals surface area contributed by atoms with Crippen LogP contribution >= 0.6 is 15.9 Å². The maximum atomic E-state index is 13.6. The fraction of sp³-hybridized carbons (Fsp3) is 0.0714. The lowest BCUT2D eigenvalue weighted by atomic mass is 10.1. The van der Waals surface area contributed by atoms with Gasteiger partial charge in [-0.1, -0.05) is 15.9 Å². The van der Waals surface area contributed by atoms with E-state index in [2.05, 4.69) is 21.2 Å². The lowest BCUT2D eigenvalue weighted by Crippen LogP contribution is -2.14. The van der Waals surface area contributed by atoms with Gasteiger partial charge in [-0.05, 0) is 48.9 Å². The Morgan fingerprint density at radius 2 is 2.00 bits per heavy atom. The fourth-order valence-electron chi connectivity index (χ4n) is 1.72. The maximum Gasteiger partial charge on any atom is 0.258 e. The molecule has 98 valence electrons. The van der Waals surface area contributed by atoms with Gasteiger partial charge in [-0.2, -0.15) is 0 Å². The van der Waals surface area contributed by atoms with Crippen LogP contribution < -0.4 is 11.1 Å². The van der Waals surface area contributed by atoms with Gasteiger partial charge < -0.3 is 11.1 Å². The van der Waals surface area contributed by atoms with E-state index in [1.165, 1.54) is 18.2 Å². The Morgan fingerprint density at radius 1 is 1.26 bits per heavy atom. The van der Waals surface area contributed by atoms with E-state index in [1.54, 1.807) is 12.1 Å². The van der Waals surface area contributed by atoms with Crippen LogP contribution in [0.1, 0.15) is 15.9 Å². The second-order valence-electron chi connectivity index (χ2n) is 4.21. The molecule has 0 spiro atoms. The highest BCUT2D eigenvalue weighted by molar-refractivity contribution is 9.10. The van der Waals surface area contributed by atoms with Crippen LogP contribution in [0.25, 0.3) is 0 Å². The summed E-state index contributed by atoms with van der Waals surface area (Å²) >= 11 is 3.34. The van der Waals surface area contributed by atoms with Crippen molar-refractivity contribution in [1.82, 2.24) is 0 Å². The molecular formula is C14H12BrFN2O. The van der Waals surface area contributed by atoms with Gasteiger partial charge in [-0.25, -0.2) is 4.39 Å². The molecule has 19 heavy (non-hydrogen) atoms. The molecule has 0 aromatic heterocycles. The van der Waals surface area contributed by atoms with Gasteiger partial charge in [0.15, 0.2) is 0 Å². The highest BCUT2D eigenvalue weighted by Crippen LogP contribution is 2.20. The molecule has 0 aliphatic carbocycles. The number of rotatable bonds is 2. The van der Waals surface area contributed by atoms with Crippen molar-refractivity contribution in [3.8, 4) is 0 Å². The lowest BCUT2D eigenvalue weighted by Gasteiger charge is -2.08. The summed E-state index contributed by atoms with van der Waals surface area (Å²) in [4.78, 5) is 12.0. The highest BCUT2D eigenvalue weighted by atomic mass is 79.9. The largest absolute Gasteiger partial charge is 0.399 e. The molecule has 2 rings (SSSR count). The van der Waals surface area contributed by atoms with Crippen LogP contribution in [0.2, 0.25) is 0 Å². The molecular weight excluding hydrogens is 311 g/mol. The molecule has 2 aromatic carbocycles. The number of nitrogen functional groups attached to an aromatic ring is 1. The van der Waals surface area contributed by atoms with Crippen LogP contribution in [-0.2, 0) is 0 Å². The third kappa shape index (κ3) is 3.32. The molecule has 0 bridgehead atoms. The van der Waals surface area contributed by atoms with E-state index in [0.29, 0.717) is 11.4 Å². The molecule has 2 aromatic rings. The molecule has 0 atom stereocenters. The third-order valence-corrected chi connectivity index (χ3v) is 2.99. The summed E-state index contributed by atoms with van der Waals surface area (Å²) in [6.07, 6.45) is 0. The van der Waals surface area contributed by atoms with E-state index in [4.69, 9.17) is 5.73 Å². The van der Waals surface area contributed by atoms with Crippen LogP contribution in [0.3, 0.4) is 0 Å². The summed E-state index contributed by atoms with van der Waals surface area (Å²) in [5.74, 6) is -1.12. The van der Waals surface area contributed by atoms with Gasteiger partial charge in [0.2, 0.25) is 0 Å². The molecule has 0 fully saturated rings. The Bertz CT molecular complexity index is 623. The topological polar surface area (TPSA) is 55.1 Å². The smallest absolute Gasteiger partial charge is 0.258 e. The molecule has 0 unspecified atom stereocenters. The number of aryl methyl sites for hydroxylation is 1. The number of amides is 1. The van der Waals surface area contributed by atoms with Crippen molar-refractivity contribution in [2.45, 2.75) is 6.92 Å². The number of hydrogen-bond acceptors (Lipinski definition) is 2. The van der Waals surface area contributed by atoms with Crippen molar-refractivity contribution in [2.75, 3.05) is 11.1 Å². The SMILES string of the molecule is Cc1cc(Br)cc(NC(=O)c2cc(N)ccc2F)c1. The predicted octanol–water partition coefficient (Wildman–Crippen LogP) is 3.73. The molecule has 0 saturated heterocycles. The number of nitrogens with two attached hydrogens (primary N) is 1. The predicted molar refractivity (Wildman–Crippen MR) is 77.6 cm³/mol. The first-order valence-electron chi connectivity index (χ1n) is 5.59. The van der Waals surface area contributed by atoms with E-state index >= 15 is 0 Å². The monoisotopic (exact) mass is 322 g/mol. The summed E-state index contributed by atoms with van der Waals surface area (Å²) in [6.45, 7) is 1.90. The summed E-state index contributed by atoms with van der Waals surface area (Å²) in [7, 11) is 0. The number of benzene rings is 2. The van der Waals surface area contributed by atoms with Crippen molar-refractivity contribution in [2.24, 2.45) is 0 Å². The van der Waals surface area contributed by atoms with Crippen LogP contribution in [0.5, 0.6) is 0 Å². The minimum absolute atomic E-state index is 0.0716. The number of hydrogen-bond donors (Lipinski definition) is 2. The van der Waals surface area contributed by atoms with Crippen molar-refractivity contribution in [1.29, 1.82) is 0 Å². The lowest BCUT2D eigenvalue weighted by molar-refractivity contribution is 0.102. The number of carbonyl (C=O) groups is 1. The van der Waals surface area contributed by atoms with Crippen molar-refractivity contribution in [3.05, 3.63) is 57.8 Å². The average molecular weight is 323 g/mol. The minimum Gasteiger partial charge on any atom is -0.399 e. The van der Waals surface area contributed by atoms with Crippen LogP contribution in [0, 0.1) is 12.7 Å². The van der Waals surface area contributed by atoms with Crippen LogP contribution in [0.4, 0.5) is 15.8 Å². The van der Waals surface area contributed by atoms with Gasteiger partial charge in [-0.15, -0.1) is 0 Å². The van der Waals surface area contributed by atoms with Gasteiger partial charge in [0, 0.05) is 15.8 Å². The van der Waals surface area contributed by atoms with Gasteiger partial charge >= 0.3 is 0 Å². The third-order valence-electron chi connectivity index (χ3n) is 2.54. The molecule has 0 aliphatic rings. The summed E-state index contributed by atoms with van der Waals surface area (Å²) < 4.78 is 14.4. The van der Waals surface area contributed by atoms with Crippen molar-refractivity contribution >= 4 is 33.2 Å². The summed E-state index contributed by atoms with van der Waals surface area (Å²) in [5, 5.41) is 2.64. The zero-order valence-electron chi connectivity index (χ0n) is 10.2. The summed E-state index contributed by atoms with van der Waals surface area (Å²) in [6, 6.07) is 9.36. The minimum atomic E-state index is -0.599. The molecule has 0 aliphatic heterocycles. The first-order chi connectivity index (χ1) is 8.95. The Labute approximate surface area is 118 Å².